The van der Waals surface area contributed by atoms with Gasteiger partial charge in [0.2, 0.25) is 10.0 Å². The van der Waals surface area contributed by atoms with E-state index in [1.54, 1.807) is 13.2 Å². The smallest absolute Gasteiger partial charge is 0.257 e. The summed E-state index contributed by atoms with van der Waals surface area (Å²) in [5.41, 5.74) is 0.909. The molecule has 1 heterocycles. The van der Waals surface area contributed by atoms with Crippen molar-refractivity contribution in [3.05, 3.63) is 67.3 Å². The van der Waals surface area contributed by atoms with Crippen molar-refractivity contribution in [2.24, 2.45) is 0 Å². The number of nitrogens with zero attached hydrogens (tertiary/aromatic N) is 2. The Morgan fingerprint density at radius 2 is 1.78 bits per heavy atom. The zero-order chi connectivity index (χ0) is 23.3. The molecule has 0 aliphatic rings. The first-order chi connectivity index (χ1) is 15.3. The molecule has 1 aromatic heterocycles. The number of carbonyl (C=O) groups is 1. The van der Waals surface area contributed by atoms with E-state index < -0.39 is 15.9 Å². The van der Waals surface area contributed by atoms with Crippen molar-refractivity contribution < 1.29 is 22.7 Å². The highest BCUT2D eigenvalue weighted by Gasteiger charge is 2.23. The first-order valence-corrected chi connectivity index (χ1v) is 11.8. The number of nitrogens with one attached hydrogen (secondary N) is 1. The number of methoxy groups -OCH3 is 2. The van der Waals surface area contributed by atoms with Gasteiger partial charge < -0.3 is 9.47 Å². The van der Waals surface area contributed by atoms with Crippen LogP contribution < -0.4 is 14.8 Å². The maximum absolute atomic E-state index is 12.8. The van der Waals surface area contributed by atoms with Crippen LogP contribution in [-0.4, -0.2) is 50.9 Å². The number of fused-ring (bicyclic) bond motifs is 1. The first-order valence-electron chi connectivity index (χ1n) is 9.50. The lowest BCUT2D eigenvalue weighted by molar-refractivity contribution is 0.102. The largest absolute Gasteiger partial charge is 0.497 e. The summed E-state index contributed by atoms with van der Waals surface area (Å²) >= 11 is 1.28. The van der Waals surface area contributed by atoms with E-state index in [4.69, 9.17) is 9.47 Å². The van der Waals surface area contributed by atoms with Crippen LogP contribution in [0.5, 0.6) is 11.5 Å². The number of aromatic nitrogens is 1. The molecule has 0 aliphatic heterocycles. The van der Waals surface area contributed by atoms with E-state index in [2.05, 4.69) is 23.5 Å². The van der Waals surface area contributed by atoms with E-state index in [0.717, 1.165) is 4.70 Å². The molecule has 1 N–H and O–H groups in total. The van der Waals surface area contributed by atoms with Gasteiger partial charge in [-0.25, -0.2) is 13.4 Å². The van der Waals surface area contributed by atoms with Crippen molar-refractivity contribution in [1.82, 2.24) is 9.29 Å². The van der Waals surface area contributed by atoms with E-state index in [9.17, 15) is 13.2 Å². The molecule has 10 heteroatoms. The molecule has 3 rings (SSSR count). The van der Waals surface area contributed by atoms with E-state index in [1.807, 2.05) is 6.07 Å². The molecule has 3 aromatic rings. The molecule has 0 atom stereocenters. The standard InChI is InChI=1S/C22H23N3O5S2/c1-5-11-25(12-6-2)32(27,28)17-9-7-15(8-10-17)21(26)24-22-23-20-18(30-4)13-16(29-3)14-19(20)31-22/h5-10,13-14H,1-2,11-12H2,3-4H3,(H,23,24,26). The summed E-state index contributed by atoms with van der Waals surface area (Å²) in [6, 6.07) is 9.24. The van der Waals surface area contributed by atoms with Crippen molar-refractivity contribution >= 4 is 42.6 Å². The lowest BCUT2D eigenvalue weighted by atomic mass is 10.2. The molecule has 168 valence electrons. The zero-order valence-electron chi connectivity index (χ0n) is 17.7. The van der Waals surface area contributed by atoms with Gasteiger partial charge in [0.25, 0.3) is 5.91 Å². The van der Waals surface area contributed by atoms with Gasteiger partial charge in [0.05, 0.1) is 23.8 Å². The third-order valence-corrected chi connectivity index (χ3v) is 7.29. The second-order valence-corrected chi connectivity index (χ2v) is 9.54. The summed E-state index contributed by atoms with van der Waals surface area (Å²) in [5.74, 6) is 0.747. The molecular weight excluding hydrogens is 450 g/mol. The lowest BCUT2D eigenvalue weighted by Gasteiger charge is -2.19. The lowest BCUT2D eigenvalue weighted by Crippen LogP contribution is -2.31. The van der Waals surface area contributed by atoms with Crippen LogP contribution in [0, 0.1) is 0 Å². The van der Waals surface area contributed by atoms with Crippen LogP contribution in [0.15, 0.2) is 66.6 Å². The minimum atomic E-state index is -3.74. The molecule has 1 amide bonds. The van der Waals surface area contributed by atoms with Gasteiger partial charge in [-0.05, 0) is 30.3 Å². The summed E-state index contributed by atoms with van der Waals surface area (Å²) in [6.45, 7) is 7.49. The SMILES string of the molecule is C=CCN(CC=C)S(=O)(=O)c1ccc(C(=O)Nc2nc3c(OC)cc(OC)cc3s2)cc1. The van der Waals surface area contributed by atoms with Crippen LogP contribution >= 0.6 is 11.3 Å². The van der Waals surface area contributed by atoms with Gasteiger partial charge in [-0.15, -0.1) is 13.2 Å². The number of benzene rings is 2. The molecular formula is C22H23N3O5S2. The van der Waals surface area contributed by atoms with Crippen LogP contribution in [-0.2, 0) is 10.0 Å². The summed E-state index contributed by atoms with van der Waals surface area (Å²) in [6.07, 6.45) is 3.01. The van der Waals surface area contributed by atoms with Gasteiger partial charge in [-0.3, -0.25) is 10.1 Å². The summed E-state index contributed by atoms with van der Waals surface area (Å²) < 4.78 is 38.2. The molecule has 32 heavy (non-hydrogen) atoms. The molecule has 0 radical (unpaired) electrons. The highest BCUT2D eigenvalue weighted by Crippen LogP contribution is 2.36. The molecule has 2 aromatic carbocycles. The van der Waals surface area contributed by atoms with Crippen molar-refractivity contribution in [2.75, 3.05) is 32.6 Å². The maximum Gasteiger partial charge on any atom is 0.257 e. The third kappa shape index (κ3) is 4.82. The Morgan fingerprint density at radius 3 is 2.34 bits per heavy atom. The molecule has 0 saturated heterocycles. The van der Waals surface area contributed by atoms with Crippen molar-refractivity contribution in [2.45, 2.75) is 4.90 Å². The second-order valence-electron chi connectivity index (χ2n) is 6.57. The number of hydrogen-bond acceptors (Lipinski definition) is 7. The summed E-state index contributed by atoms with van der Waals surface area (Å²) in [5, 5.41) is 3.13. The van der Waals surface area contributed by atoms with Crippen LogP contribution in [0.4, 0.5) is 5.13 Å². The monoisotopic (exact) mass is 473 g/mol. The molecule has 0 spiro atoms. The van der Waals surface area contributed by atoms with Crippen LogP contribution in [0.3, 0.4) is 0 Å². The second kappa shape index (κ2) is 9.94. The quantitative estimate of drug-likeness (QED) is 0.448. The summed E-state index contributed by atoms with van der Waals surface area (Å²) in [4.78, 5) is 17.2. The van der Waals surface area contributed by atoms with Gasteiger partial charge in [-0.2, -0.15) is 4.31 Å². The number of anilines is 1. The predicted octanol–water partition coefficient (Wildman–Crippen LogP) is 3.93. The van der Waals surface area contributed by atoms with Gasteiger partial charge in [0.15, 0.2) is 5.13 Å². The average Bonchev–Trinajstić information content (AvgIpc) is 3.20. The number of amides is 1. The van der Waals surface area contributed by atoms with E-state index in [0.29, 0.717) is 27.7 Å². The number of thiazole rings is 1. The Balaban J connectivity index is 1.82. The number of hydrogen-bond donors (Lipinski definition) is 1. The average molecular weight is 474 g/mol. The highest BCUT2D eigenvalue weighted by atomic mass is 32.2. The Kier molecular flexibility index (Phi) is 7.29. The van der Waals surface area contributed by atoms with E-state index in [1.165, 1.54) is 59.2 Å². The van der Waals surface area contributed by atoms with Crippen LogP contribution in [0.1, 0.15) is 10.4 Å². The molecule has 0 bridgehead atoms. The number of rotatable bonds is 10. The fourth-order valence-electron chi connectivity index (χ4n) is 2.96. The van der Waals surface area contributed by atoms with Gasteiger partial charge in [0.1, 0.15) is 17.0 Å². The molecule has 0 saturated carbocycles. The molecule has 0 aliphatic carbocycles. The minimum Gasteiger partial charge on any atom is -0.497 e. The van der Waals surface area contributed by atoms with Crippen molar-refractivity contribution in [1.29, 1.82) is 0 Å². The van der Waals surface area contributed by atoms with Gasteiger partial charge in [0, 0.05) is 24.7 Å². The first kappa shape index (κ1) is 23.5. The van der Waals surface area contributed by atoms with Crippen LogP contribution in [0.2, 0.25) is 0 Å². The Labute approximate surface area is 190 Å². The third-order valence-electron chi connectivity index (χ3n) is 4.53. The predicted molar refractivity (Wildman–Crippen MR) is 126 cm³/mol. The fourth-order valence-corrected chi connectivity index (χ4v) is 5.25. The molecule has 0 unspecified atom stereocenters. The summed E-state index contributed by atoms with van der Waals surface area (Å²) in [7, 11) is -0.643. The minimum absolute atomic E-state index is 0.0783. The number of ether oxygens (including phenoxy) is 2. The van der Waals surface area contributed by atoms with Gasteiger partial charge in [-0.1, -0.05) is 23.5 Å². The van der Waals surface area contributed by atoms with Gasteiger partial charge >= 0.3 is 0 Å². The Morgan fingerprint density at radius 1 is 1.12 bits per heavy atom. The normalized spacial score (nSPS) is 11.3. The van der Waals surface area contributed by atoms with E-state index in [-0.39, 0.29) is 18.0 Å². The Bertz CT molecular complexity index is 1240. The highest BCUT2D eigenvalue weighted by molar-refractivity contribution is 7.89. The van der Waals surface area contributed by atoms with Crippen molar-refractivity contribution in [3.63, 3.8) is 0 Å². The number of carbonyl (C=O) groups excluding carboxylic acids is 1. The molecule has 8 nitrogen and oxygen atoms in total. The van der Waals surface area contributed by atoms with Crippen molar-refractivity contribution in [3.8, 4) is 11.5 Å². The molecule has 0 fully saturated rings. The number of sulfonamides is 1. The fraction of sp³-hybridized carbons (Fsp3) is 0.182. The zero-order valence-corrected chi connectivity index (χ0v) is 19.3. The maximum atomic E-state index is 12.8. The topological polar surface area (TPSA) is 97.8 Å². The Hall–Kier alpha value is -3.21. The van der Waals surface area contributed by atoms with Crippen LogP contribution in [0.25, 0.3) is 10.2 Å². The van der Waals surface area contributed by atoms with E-state index >= 15 is 0 Å².